The minimum Gasteiger partial charge on any atom is -0.491 e. The number of ether oxygens (including phenoxy) is 3. The number of methoxy groups -OCH3 is 1. The molecule has 5 aromatic rings. The third kappa shape index (κ3) is 7.76. The highest BCUT2D eigenvalue weighted by atomic mass is 19.1. The molecule has 3 aromatic heterocycles. The van der Waals surface area contributed by atoms with Crippen LogP contribution in [0.3, 0.4) is 0 Å². The summed E-state index contributed by atoms with van der Waals surface area (Å²) in [6.07, 6.45) is 4.90. The molecule has 11 nitrogen and oxygen atoms in total. The number of nitrogens with one attached hydrogen (secondary N) is 1. The monoisotopic (exact) mass is 593 g/mol. The van der Waals surface area contributed by atoms with E-state index in [1.165, 1.54) is 24.3 Å². The second kappa shape index (κ2) is 15.5. The van der Waals surface area contributed by atoms with Gasteiger partial charge in [0.15, 0.2) is 17.4 Å². The van der Waals surface area contributed by atoms with Crippen molar-refractivity contribution in [1.82, 2.24) is 29.7 Å². The van der Waals surface area contributed by atoms with Crippen LogP contribution in [-0.4, -0.2) is 68.4 Å². The van der Waals surface area contributed by atoms with Crippen molar-refractivity contribution in [2.45, 2.75) is 26.8 Å². The first-order valence-electron chi connectivity index (χ1n) is 13.8. The average molecular weight is 594 g/mol. The van der Waals surface area contributed by atoms with Crippen molar-refractivity contribution in [3.05, 3.63) is 78.4 Å². The number of para-hydroxylation sites is 1. The summed E-state index contributed by atoms with van der Waals surface area (Å²) < 4.78 is 47.5. The Hall–Kier alpha value is -4.75. The van der Waals surface area contributed by atoms with Crippen molar-refractivity contribution in [2.24, 2.45) is 0 Å². The Morgan fingerprint density at radius 1 is 0.977 bits per heavy atom. The Morgan fingerprint density at radius 2 is 1.77 bits per heavy atom. The van der Waals surface area contributed by atoms with Crippen LogP contribution in [0, 0.1) is 11.6 Å². The highest BCUT2D eigenvalue weighted by Gasteiger charge is 2.20. The highest BCUT2D eigenvalue weighted by Crippen LogP contribution is 2.31. The summed E-state index contributed by atoms with van der Waals surface area (Å²) >= 11 is 0. The molecule has 0 amide bonds. The van der Waals surface area contributed by atoms with Gasteiger partial charge in [-0.1, -0.05) is 32.0 Å². The Bertz CT molecular complexity index is 1600. The quantitative estimate of drug-likeness (QED) is 0.177. The summed E-state index contributed by atoms with van der Waals surface area (Å²) in [6.45, 7) is 4.51. The molecule has 0 spiro atoms. The number of benzene rings is 2. The molecule has 0 aliphatic heterocycles. The molecule has 226 valence electrons. The van der Waals surface area contributed by atoms with Crippen molar-refractivity contribution in [2.75, 3.05) is 38.9 Å². The molecule has 0 saturated heterocycles. The molecular weight excluding hydrogens is 560 g/mol. The van der Waals surface area contributed by atoms with Crippen molar-refractivity contribution in [3.8, 4) is 23.0 Å². The van der Waals surface area contributed by atoms with Crippen LogP contribution in [0.1, 0.15) is 25.8 Å². The Labute approximate surface area is 247 Å². The van der Waals surface area contributed by atoms with Gasteiger partial charge < -0.3 is 24.6 Å². The maximum atomic E-state index is 15.0. The number of anilines is 2. The van der Waals surface area contributed by atoms with Gasteiger partial charge in [0.1, 0.15) is 41.8 Å². The summed E-state index contributed by atoms with van der Waals surface area (Å²) in [5.74, 6) is -0.0225. The maximum Gasteiger partial charge on any atom is 0.183 e. The molecule has 2 aromatic carbocycles. The average Bonchev–Trinajstić information content (AvgIpc) is 3.40. The molecule has 43 heavy (non-hydrogen) atoms. The van der Waals surface area contributed by atoms with E-state index < -0.39 is 11.6 Å². The summed E-state index contributed by atoms with van der Waals surface area (Å²) in [5.41, 5.74) is 0.885. The smallest absolute Gasteiger partial charge is 0.183 e. The van der Waals surface area contributed by atoms with Gasteiger partial charge in [-0.2, -0.15) is 5.10 Å². The molecule has 0 atom stereocenters. The first-order valence-corrected chi connectivity index (χ1v) is 13.8. The van der Waals surface area contributed by atoms with E-state index in [9.17, 15) is 0 Å². The SMILES string of the molecule is CC.COCCOc1cc(F)c(Cn2nc(-c3ncc(OCCCO)c(Nc4ccncn4)n3)c3ccccc32)c(F)c1. The van der Waals surface area contributed by atoms with Crippen LogP contribution >= 0.6 is 0 Å². The van der Waals surface area contributed by atoms with Gasteiger partial charge in [-0.15, -0.1) is 0 Å². The number of aliphatic hydroxyl groups is 1. The lowest BCUT2D eigenvalue weighted by Crippen LogP contribution is -2.09. The number of aromatic nitrogens is 6. The molecular formula is C30H33F2N7O4. The van der Waals surface area contributed by atoms with Gasteiger partial charge in [-0.3, -0.25) is 4.68 Å². The number of hydrogen-bond acceptors (Lipinski definition) is 10. The summed E-state index contributed by atoms with van der Waals surface area (Å²) in [5, 5.41) is 17.6. The van der Waals surface area contributed by atoms with Gasteiger partial charge in [0.25, 0.3) is 0 Å². The van der Waals surface area contributed by atoms with Gasteiger partial charge >= 0.3 is 0 Å². The van der Waals surface area contributed by atoms with Crippen molar-refractivity contribution < 1.29 is 28.1 Å². The van der Waals surface area contributed by atoms with Crippen molar-refractivity contribution >= 4 is 22.5 Å². The maximum absolute atomic E-state index is 15.0. The number of fused-ring (bicyclic) bond motifs is 1. The van der Waals surface area contributed by atoms with E-state index in [0.29, 0.717) is 47.0 Å². The summed E-state index contributed by atoms with van der Waals surface area (Å²) in [6, 6.07) is 11.2. The summed E-state index contributed by atoms with van der Waals surface area (Å²) in [7, 11) is 1.51. The van der Waals surface area contributed by atoms with E-state index in [0.717, 1.165) is 12.1 Å². The van der Waals surface area contributed by atoms with Gasteiger partial charge in [0.05, 0.1) is 31.5 Å². The topological polar surface area (TPSA) is 129 Å². The molecule has 13 heteroatoms. The Morgan fingerprint density at radius 3 is 2.49 bits per heavy atom. The molecule has 0 radical (unpaired) electrons. The molecule has 3 heterocycles. The molecule has 0 unspecified atom stereocenters. The van der Waals surface area contributed by atoms with E-state index in [2.05, 4.69) is 30.4 Å². The third-order valence-corrected chi connectivity index (χ3v) is 5.99. The van der Waals surface area contributed by atoms with E-state index in [4.69, 9.17) is 19.3 Å². The van der Waals surface area contributed by atoms with Crippen LogP contribution in [0.4, 0.5) is 20.4 Å². The van der Waals surface area contributed by atoms with Gasteiger partial charge in [-0.25, -0.2) is 28.7 Å². The minimum atomic E-state index is -0.754. The van der Waals surface area contributed by atoms with Crippen LogP contribution in [0.25, 0.3) is 22.4 Å². The van der Waals surface area contributed by atoms with Gasteiger partial charge in [-0.05, 0) is 12.1 Å². The first kappa shape index (κ1) is 31.2. The molecule has 0 saturated carbocycles. The predicted molar refractivity (Wildman–Crippen MR) is 157 cm³/mol. The molecule has 0 aliphatic rings. The van der Waals surface area contributed by atoms with Crippen molar-refractivity contribution in [1.29, 1.82) is 0 Å². The fraction of sp³-hybridized carbons (Fsp3) is 0.300. The lowest BCUT2D eigenvalue weighted by atomic mass is 10.1. The van der Waals surface area contributed by atoms with E-state index in [1.807, 2.05) is 32.0 Å². The molecule has 0 bridgehead atoms. The molecule has 0 aliphatic carbocycles. The predicted octanol–water partition coefficient (Wildman–Crippen LogP) is 5.17. The lowest BCUT2D eigenvalue weighted by Gasteiger charge is -2.12. The Balaban J connectivity index is 0.00000207. The number of hydrogen-bond donors (Lipinski definition) is 2. The second-order valence-corrected chi connectivity index (χ2v) is 8.78. The number of aliphatic hydroxyl groups excluding tert-OH is 1. The van der Waals surface area contributed by atoms with Gasteiger partial charge in [0.2, 0.25) is 0 Å². The van der Waals surface area contributed by atoms with E-state index in [1.54, 1.807) is 18.3 Å². The highest BCUT2D eigenvalue weighted by molar-refractivity contribution is 5.92. The fourth-order valence-corrected chi connectivity index (χ4v) is 4.03. The van der Waals surface area contributed by atoms with Crippen molar-refractivity contribution in [3.63, 3.8) is 0 Å². The molecule has 0 fully saturated rings. The van der Waals surface area contributed by atoms with Crippen LogP contribution < -0.4 is 14.8 Å². The standard InChI is InChI=1S/C28H27F2N7O4.C2H6/c1-39-11-12-40-18-13-21(29)20(22(30)14-18)16-37-23-6-3-2-5-19(23)26(36-37)28-32-15-24(41-10-4-9-38)27(35-28)34-25-7-8-31-17-33-25;1-2/h2-3,5-8,13-15,17,38H,4,9-12,16H2,1H3,(H,31,32,33,34,35);1-2H3. The van der Waals surface area contributed by atoms with Crippen LogP contribution in [0.15, 0.2) is 61.2 Å². The Kier molecular flexibility index (Phi) is 11.2. The first-order chi connectivity index (χ1) is 21.1. The molecule has 2 N–H and O–H groups in total. The number of rotatable bonds is 13. The van der Waals surface area contributed by atoms with E-state index >= 15 is 8.78 Å². The fourth-order valence-electron chi connectivity index (χ4n) is 4.03. The third-order valence-electron chi connectivity index (χ3n) is 5.99. The van der Waals surface area contributed by atoms with Crippen LogP contribution in [-0.2, 0) is 11.3 Å². The molecule has 5 rings (SSSR count). The van der Waals surface area contributed by atoms with Crippen LogP contribution in [0.2, 0.25) is 0 Å². The largest absolute Gasteiger partial charge is 0.491 e. The van der Waals surface area contributed by atoms with E-state index in [-0.39, 0.29) is 43.5 Å². The zero-order valence-corrected chi connectivity index (χ0v) is 24.1. The zero-order chi connectivity index (χ0) is 30.6. The van der Waals surface area contributed by atoms with Crippen LogP contribution in [0.5, 0.6) is 11.5 Å². The number of halogens is 2. The summed E-state index contributed by atoms with van der Waals surface area (Å²) in [4.78, 5) is 17.2. The minimum absolute atomic E-state index is 0.0260. The zero-order valence-electron chi connectivity index (χ0n) is 24.1. The second-order valence-electron chi connectivity index (χ2n) is 8.78. The number of nitrogens with zero attached hydrogens (tertiary/aromatic N) is 6. The normalized spacial score (nSPS) is 10.7. The lowest BCUT2D eigenvalue weighted by molar-refractivity contribution is 0.146. The van der Waals surface area contributed by atoms with Gasteiger partial charge in [0, 0.05) is 49.4 Å².